The van der Waals surface area contributed by atoms with E-state index in [-0.39, 0.29) is 5.91 Å². The molecule has 22 heavy (non-hydrogen) atoms. The Bertz CT molecular complexity index is 772. The second-order valence-corrected chi connectivity index (χ2v) is 6.52. The van der Waals surface area contributed by atoms with Crippen LogP contribution >= 0.6 is 35.0 Å². The first-order valence-corrected chi connectivity index (χ1v) is 8.44. The number of halogens is 2. The van der Waals surface area contributed by atoms with Crippen LogP contribution in [0.3, 0.4) is 0 Å². The van der Waals surface area contributed by atoms with Crippen LogP contribution in [0.1, 0.15) is 30.1 Å². The van der Waals surface area contributed by atoms with E-state index in [2.05, 4.69) is 15.1 Å². The van der Waals surface area contributed by atoms with Crippen molar-refractivity contribution < 1.29 is 4.79 Å². The number of hydrogen-bond acceptors (Lipinski definition) is 5. The predicted octanol–water partition coefficient (Wildman–Crippen LogP) is 4.40. The monoisotopic (exact) mass is 354 g/mol. The maximum absolute atomic E-state index is 12.0. The van der Waals surface area contributed by atoms with Gasteiger partial charge in [-0.1, -0.05) is 41.9 Å². The molecule has 0 N–H and O–H groups in total. The summed E-state index contributed by atoms with van der Waals surface area (Å²) in [6.07, 6.45) is 1.04. The third-order valence-corrected chi connectivity index (χ3v) is 4.68. The molecule has 0 bridgehead atoms. The normalized spacial score (nSPS) is 14.0. The topological polar surface area (TPSA) is 60.1 Å². The highest BCUT2D eigenvalue weighted by molar-refractivity contribution is 7.98. The smallest absolute Gasteiger partial charge is 0.256 e. The van der Waals surface area contributed by atoms with Gasteiger partial charge in [-0.3, -0.25) is 4.79 Å². The molecule has 1 aliphatic rings. The Morgan fingerprint density at radius 2 is 2.18 bits per heavy atom. The van der Waals surface area contributed by atoms with Gasteiger partial charge in [-0.25, -0.2) is 4.99 Å². The number of aromatic nitrogens is 3. The lowest BCUT2D eigenvalue weighted by Gasteiger charge is -2.08. The van der Waals surface area contributed by atoms with E-state index < -0.39 is 0 Å². The Labute approximate surface area is 141 Å². The van der Waals surface area contributed by atoms with Gasteiger partial charge in [0.25, 0.3) is 11.9 Å². The highest BCUT2D eigenvalue weighted by atomic mass is 35.5. The summed E-state index contributed by atoms with van der Waals surface area (Å²) in [4.78, 5) is 20.6. The minimum Gasteiger partial charge on any atom is -0.272 e. The summed E-state index contributed by atoms with van der Waals surface area (Å²) in [6, 6.07) is 5.31. The van der Waals surface area contributed by atoms with Crippen LogP contribution in [-0.4, -0.2) is 26.4 Å². The molecular weight excluding hydrogens is 343 g/mol. The molecule has 0 saturated heterocycles. The minimum absolute atomic E-state index is 0.0954. The number of carbonyl (C=O) groups is 1. The Hall–Kier alpha value is -1.37. The molecule has 0 unspecified atom stereocenters. The molecule has 8 heteroatoms. The van der Waals surface area contributed by atoms with E-state index in [0.717, 1.165) is 17.7 Å². The van der Waals surface area contributed by atoms with E-state index in [0.29, 0.717) is 33.3 Å². The van der Waals surface area contributed by atoms with Gasteiger partial charge in [0.05, 0.1) is 6.42 Å². The molecule has 0 atom stereocenters. The van der Waals surface area contributed by atoms with Crippen LogP contribution in [0.25, 0.3) is 0 Å². The molecule has 0 fully saturated rings. The van der Waals surface area contributed by atoms with Crippen molar-refractivity contribution in [2.24, 2.45) is 4.99 Å². The number of thioether (sulfide) groups is 1. The summed E-state index contributed by atoms with van der Waals surface area (Å²) < 4.78 is 1.26. The lowest BCUT2D eigenvalue weighted by molar-refractivity contribution is 0.0904. The van der Waals surface area contributed by atoms with Crippen LogP contribution in [0, 0.1) is 0 Å². The van der Waals surface area contributed by atoms with Crippen LogP contribution in [0.15, 0.2) is 28.3 Å². The van der Waals surface area contributed by atoms with Gasteiger partial charge in [0.15, 0.2) is 0 Å². The Morgan fingerprint density at radius 3 is 2.95 bits per heavy atom. The van der Waals surface area contributed by atoms with Crippen molar-refractivity contribution in [2.75, 3.05) is 0 Å². The number of rotatable bonds is 4. The quantitative estimate of drug-likeness (QED) is 0.763. The molecule has 1 aromatic carbocycles. The van der Waals surface area contributed by atoms with E-state index in [4.69, 9.17) is 23.2 Å². The van der Waals surface area contributed by atoms with Crippen molar-refractivity contribution >= 4 is 52.5 Å². The minimum atomic E-state index is -0.0954. The molecule has 0 spiro atoms. The van der Waals surface area contributed by atoms with Crippen molar-refractivity contribution in [3.05, 3.63) is 33.8 Å². The molecule has 0 saturated carbocycles. The fraction of sp³-hybridized carbons (Fsp3) is 0.286. The molecule has 2 aromatic rings. The second-order valence-electron chi connectivity index (χ2n) is 4.73. The number of nitrogens with zero attached hydrogens (tertiary/aromatic N) is 4. The van der Waals surface area contributed by atoms with Gasteiger partial charge in [0.1, 0.15) is 0 Å². The van der Waals surface area contributed by atoms with Crippen LogP contribution in [0.5, 0.6) is 0 Å². The number of carbonyl (C=O) groups excluding carboxylic acids is 1. The van der Waals surface area contributed by atoms with Gasteiger partial charge >= 0.3 is 0 Å². The van der Waals surface area contributed by atoms with Gasteiger partial charge in [0.2, 0.25) is 5.16 Å². The van der Waals surface area contributed by atoms with E-state index >= 15 is 0 Å². The highest BCUT2D eigenvalue weighted by Crippen LogP contribution is 2.29. The Balaban J connectivity index is 1.79. The third kappa shape index (κ3) is 3.19. The first kappa shape index (κ1) is 15.5. The first-order valence-electron chi connectivity index (χ1n) is 6.70. The highest BCUT2D eigenvalue weighted by Gasteiger charge is 2.22. The maximum Gasteiger partial charge on any atom is 0.256 e. The van der Waals surface area contributed by atoms with Gasteiger partial charge < -0.3 is 0 Å². The fourth-order valence-corrected chi connectivity index (χ4v) is 3.28. The maximum atomic E-state index is 12.0. The van der Waals surface area contributed by atoms with Gasteiger partial charge in [-0.2, -0.15) is 9.67 Å². The van der Waals surface area contributed by atoms with Crippen LogP contribution in [0.2, 0.25) is 10.0 Å². The molecule has 3 rings (SSSR count). The number of benzene rings is 1. The average molecular weight is 355 g/mol. The molecule has 2 heterocycles. The number of fused-ring (bicyclic) bond motifs is 1. The fourth-order valence-electron chi connectivity index (χ4n) is 2.02. The standard InChI is InChI=1S/C14H12Cl2N4OS/c1-2-10-6-12(21)20-13(17-10)18-14(19-20)22-7-8-5-9(15)3-4-11(8)16/h3-5H,2,6-7H2,1H3. The molecule has 1 aromatic heterocycles. The number of hydrogen-bond donors (Lipinski definition) is 0. The molecule has 5 nitrogen and oxygen atoms in total. The summed E-state index contributed by atoms with van der Waals surface area (Å²) in [5.41, 5.74) is 1.73. The molecule has 1 aliphatic heterocycles. The van der Waals surface area contributed by atoms with Crippen molar-refractivity contribution in [1.82, 2.24) is 14.8 Å². The van der Waals surface area contributed by atoms with E-state index in [1.54, 1.807) is 12.1 Å². The summed E-state index contributed by atoms with van der Waals surface area (Å²) >= 11 is 13.5. The van der Waals surface area contributed by atoms with Gasteiger partial charge in [0, 0.05) is 21.5 Å². The molecule has 0 aliphatic carbocycles. The van der Waals surface area contributed by atoms with Crippen LogP contribution in [0.4, 0.5) is 5.95 Å². The molecule has 0 amide bonds. The van der Waals surface area contributed by atoms with E-state index in [1.165, 1.54) is 16.4 Å². The van der Waals surface area contributed by atoms with Crippen molar-refractivity contribution in [3.63, 3.8) is 0 Å². The first-order chi connectivity index (χ1) is 10.6. The number of aliphatic imine (C=N–C) groups is 1. The molecular formula is C14H12Cl2N4OS. The van der Waals surface area contributed by atoms with Crippen LogP contribution in [-0.2, 0) is 5.75 Å². The lowest BCUT2D eigenvalue weighted by Crippen LogP contribution is -2.20. The van der Waals surface area contributed by atoms with Crippen molar-refractivity contribution in [1.29, 1.82) is 0 Å². The van der Waals surface area contributed by atoms with Crippen LogP contribution < -0.4 is 0 Å². The second kappa shape index (κ2) is 6.40. The zero-order chi connectivity index (χ0) is 15.7. The Morgan fingerprint density at radius 1 is 1.36 bits per heavy atom. The zero-order valence-corrected chi connectivity index (χ0v) is 14.0. The summed E-state index contributed by atoms with van der Waals surface area (Å²) in [5.74, 6) is 0.830. The third-order valence-electron chi connectivity index (χ3n) is 3.19. The van der Waals surface area contributed by atoms with Crippen molar-refractivity contribution in [2.45, 2.75) is 30.7 Å². The lowest BCUT2D eigenvalue weighted by atomic mass is 10.2. The van der Waals surface area contributed by atoms with Gasteiger partial charge in [-0.05, 0) is 30.2 Å². The van der Waals surface area contributed by atoms with Gasteiger partial charge in [-0.15, -0.1) is 5.10 Å². The summed E-state index contributed by atoms with van der Waals surface area (Å²) in [5, 5.41) is 5.97. The average Bonchev–Trinajstić information content (AvgIpc) is 2.91. The molecule has 114 valence electrons. The zero-order valence-electron chi connectivity index (χ0n) is 11.7. The largest absolute Gasteiger partial charge is 0.272 e. The van der Waals surface area contributed by atoms with E-state index in [9.17, 15) is 4.79 Å². The summed E-state index contributed by atoms with van der Waals surface area (Å²) in [6.45, 7) is 1.97. The Kier molecular flexibility index (Phi) is 4.52. The summed E-state index contributed by atoms with van der Waals surface area (Å²) in [7, 11) is 0. The predicted molar refractivity (Wildman–Crippen MR) is 88.7 cm³/mol. The molecule has 0 radical (unpaired) electrons. The van der Waals surface area contributed by atoms with E-state index in [1.807, 2.05) is 13.0 Å². The SMILES string of the molecule is CCC1=Nc2nc(SCc3cc(Cl)ccc3Cl)nn2C(=O)C1. The van der Waals surface area contributed by atoms with Crippen molar-refractivity contribution in [3.8, 4) is 0 Å².